The lowest BCUT2D eigenvalue weighted by atomic mass is 9.92. The van der Waals surface area contributed by atoms with Crippen molar-refractivity contribution in [2.75, 3.05) is 30.0 Å². The molecule has 1 fully saturated rings. The van der Waals surface area contributed by atoms with Crippen molar-refractivity contribution < 1.29 is 19.4 Å². The van der Waals surface area contributed by atoms with Gasteiger partial charge in [-0.15, -0.1) is 0 Å². The number of nitrogens with one attached hydrogen (secondary N) is 1. The molecule has 1 aliphatic rings. The summed E-state index contributed by atoms with van der Waals surface area (Å²) in [7, 11) is 0. The fourth-order valence-electron chi connectivity index (χ4n) is 4.38. The minimum absolute atomic E-state index is 0.0569. The average molecular weight is 455 g/mol. The zero-order chi connectivity index (χ0) is 23.8. The van der Waals surface area contributed by atoms with Crippen LogP contribution in [-0.4, -0.2) is 52.8 Å². The van der Waals surface area contributed by atoms with Crippen LogP contribution < -0.4 is 10.2 Å². The lowest BCUT2D eigenvalue weighted by Gasteiger charge is -2.36. The van der Waals surface area contributed by atoms with Gasteiger partial charge in [-0.3, -0.25) is 9.59 Å². The van der Waals surface area contributed by atoms with Crippen molar-refractivity contribution in [1.82, 2.24) is 9.97 Å². The van der Waals surface area contributed by atoms with E-state index in [0.29, 0.717) is 24.0 Å². The zero-order valence-corrected chi connectivity index (χ0v) is 19.7. The van der Waals surface area contributed by atoms with Gasteiger partial charge in [-0.1, -0.05) is 13.0 Å². The smallest absolute Gasteiger partial charge is 0.303 e. The summed E-state index contributed by atoms with van der Waals surface area (Å²) in [5.74, 6) is -0.437. The summed E-state index contributed by atoms with van der Waals surface area (Å²) in [6.07, 6.45) is 6.12. The van der Waals surface area contributed by atoms with Crippen LogP contribution in [0.3, 0.4) is 0 Å². The number of nitrogens with zero attached hydrogens (tertiary/aromatic N) is 3. The first-order valence-electron chi connectivity index (χ1n) is 11.7. The third-order valence-electron chi connectivity index (χ3n) is 6.16. The molecule has 178 valence electrons. The summed E-state index contributed by atoms with van der Waals surface area (Å²) in [4.78, 5) is 34.9. The van der Waals surface area contributed by atoms with Gasteiger partial charge in [-0.25, -0.2) is 9.97 Å². The van der Waals surface area contributed by atoms with Crippen molar-refractivity contribution in [3.63, 3.8) is 0 Å². The van der Waals surface area contributed by atoms with Gasteiger partial charge in [0, 0.05) is 38.2 Å². The second-order valence-electron chi connectivity index (χ2n) is 8.47. The number of carbonyl (C=O) groups excluding carboxylic acids is 1. The number of hydrogen-bond donors (Lipinski definition) is 2. The Balaban J connectivity index is 1.91. The van der Waals surface area contributed by atoms with E-state index in [9.17, 15) is 14.7 Å². The highest BCUT2D eigenvalue weighted by Crippen LogP contribution is 2.35. The van der Waals surface area contributed by atoms with Crippen molar-refractivity contribution in [2.24, 2.45) is 0 Å². The number of rotatable bonds is 10. The Bertz CT molecular complexity index is 942. The largest absolute Gasteiger partial charge is 0.481 e. The number of hydrogen-bond acceptors (Lipinski definition) is 6. The van der Waals surface area contributed by atoms with Crippen molar-refractivity contribution in [1.29, 1.82) is 0 Å². The van der Waals surface area contributed by atoms with E-state index in [2.05, 4.69) is 27.1 Å². The third kappa shape index (κ3) is 6.74. The molecule has 0 radical (unpaired) electrons. The van der Waals surface area contributed by atoms with E-state index >= 15 is 0 Å². The van der Waals surface area contributed by atoms with E-state index in [-0.39, 0.29) is 24.7 Å². The minimum atomic E-state index is -0.826. The van der Waals surface area contributed by atoms with Gasteiger partial charge in [-0.2, -0.15) is 0 Å². The summed E-state index contributed by atoms with van der Waals surface area (Å²) in [5.41, 5.74) is 3.32. The molecule has 0 aliphatic carbocycles. The van der Waals surface area contributed by atoms with Crippen molar-refractivity contribution in [3.05, 3.63) is 47.5 Å². The van der Waals surface area contributed by atoms with E-state index in [4.69, 9.17) is 4.74 Å². The Hall–Kier alpha value is -3.00. The number of carboxylic acids is 1. The summed E-state index contributed by atoms with van der Waals surface area (Å²) in [6, 6.07) is 6.29. The topological polar surface area (TPSA) is 105 Å². The molecule has 0 spiro atoms. The first-order valence-corrected chi connectivity index (χ1v) is 11.7. The number of aliphatic carboxylic acids is 1. The fourth-order valence-corrected chi connectivity index (χ4v) is 4.38. The average Bonchev–Trinajstić information content (AvgIpc) is 2.81. The molecule has 1 aromatic heterocycles. The second-order valence-corrected chi connectivity index (χ2v) is 8.47. The first-order chi connectivity index (χ1) is 15.9. The second kappa shape index (κ2) is 11.7. The third-order valence-corrected chi connectivity index (χ3v) is 6.16. The first kappa shape index (κ1) is 24.6. The summed E-state index contributed by atoms with van der Waals surface area (Å²) in [5, 5.41) is 12.4. The van der Waals surface area contributed by atoms with Crippen LogP contribution in [0, 0.1) is 6.92 Å². The van der Waals surface area contributed by atoms with Gasteiger partial charge >= 0.3 is 5.97 Å². The molecule has 33 heavy (non-hydrogen) atoms. The molecule has 1 unspecified atom stereocenters. The van der Waals surface area contributed by atoms with Crippen LogP contribution in [-0.2, 0) is 20.7 Å². The van der Waals surface area contributed by atoms with Gasteiger partial charge < -0.3 is 20.1 Å². The van der Waals surface area contributed by atoms with E-state index in [1.54, 1.807) is 19.3 Å². The number of benzene rings is 1. The Labute approximate surface area is 195 Å². The molecule has 1 aromatic carbocycles. The van der Waals surface area contributed by atoms with Crippen LogP contribution >= 0.6 is 0 Å². The van der Waals surface area contributed by atoms with Crippen LogP contribution in [0.4, 0.5) is 11.4 Å². The molecule has 2 heterocycles. The highest BCUT2D eigenvalue weighted by atomic mass is 16.5. The molecule has 2 N–H and O–H groups in total. The zero-order valence-electron chi connectivity index (χ0n) is 19.7. The van der Waals surface area contributed by atoms with E-state index in [1.165, 1.54) is 0 Å². The molecular weight excluding hydrogens is 420 g/mol. The summed E-state index contributed by atoms with van der Waals surface area (Å²) < 4.78 is 5.54. The maximum atomic E-state index is 12.9. The van der Waals surface area contributed by atoms with Gasteiger partial charge in [-0.05, 0) is 62.3 Å². The molecular formula is C25H34N4O4. The van der Waals surface area contributed by atoms with Crippen LogP contribution in [0.15, 0.2) is 30.6 Å². The van der Waals surface area contributed by atoms with Crippen molar-refractivity contribution in [3.8, 4) is 0 Å². The molecule has 8 nitrogen and oxygen atoms in total. The van der Waals surface area contributed by atoms with Gasteiger partial charge in [0.1, 0.15) is 5.82 Å². The van der Waals surface area contributed by atoms with Gasteiger partial charge in [0.15, 0.2) is 0 Å². The maximum Gasteiger partial charge on any atom is 0.303 e. The van der Waals surface area contributed by atoms with E-state index in [1.807, 2.05) is 25.1 Å². The molecule has 1 amide bonds. The molecule has 1 atom stereocenters. The lowest BCUT2D eigenvalue weighted by Crippen LogP contribution is -2.40. The number of ether oxygens (including phenoxy) is 1. The van der Waals surface area contributed by atoms with Gasteiger partial charge in [0.25, 0.3) is 0 Å². The number of carbonyl (C=O) groups is 2. The Morgan fingerprint density at radius 1 is 1.21 bits per heavy atom. The fraction of sp³-hybridized carbons (Fsp3) is 0.520. The Morgan fingerprint density at radius 2 is 1.91 bits per heavy atom. The number of amides is 1. The van der Waals surface area contributed by atoms with Crippen LogP contribution in [0.2, 0.25) is 0 Å². The number of anilines is 2. The lowest BCUT2D eigenvalue weighted by molar-refractivity contribution is -0.137. The van der Waals surface area contributed by atoms with Gasteiger partial charge in [0.05, 0.1) is 24.2 Å². The molecule has 0 saturated carbocycles. The summed E-state index contributed by atoms with van der Waals surface area (Å²) >= 11 is 0. The molecule has 1 aliphatic heterocycles. The highest BCUT2D eigenvalue weighted by molar-refractivity contribution is 5.95. The molecule has 8 heteroatoms. The highest BCUT2D eigenvalue weighted by Gasteiger charge is 2.24. The normalized spacial score (nSPS) is 15.1. The minimum Gasteiger partial charge on any atom is -0.481 e. The Morgan fingerprint density at radius 3 is 2.52 bits per heavy atom. The maximum absolute atomic E-state index is 12.9. The standard InChI is InChI=1S/C25H34N4O4/c1-4-19(14-25(31)32)20-6-7-23(29(5-2)21-8-10-33-11-9-21)22(13-20)28-24(30)12-18-15-26-17(3)27-16-18/h6-7,13,15-16,19,21H,4-5,8-12,14H2,1-3H3,(H,28,30)(H,31,32). The molecule has 2 aromatic rings. The monoisotopic (exact) mass is 454 g/mol. The summed E-state index contributed by atoms with van der Waals surface area (Å²) in [6.45, 7) is 8.15. The Kier molecular flexibility index (Phi) is 8.77. The predicted molar refractivity (Wildman–Crippen MR) is 128 cm³/mol. The van der Waals surface area contributed by atoms with Crippen LogP contribution in [0.5, 0.6) is 0 Å². The van der Waals surface area contributed by atoms with Crippen molar-refractivity contribution in [2.45, 2.75) is 64.8 Å². The SMILES string of the molecule is CCC(CC(=O)O)c1ccc(N(CC)C2CCOCC2)c(NC(=O)Cc2cnc(C)nc2)c1. The number of aromatic nitrogens is 2. The predicted octanol–water partition coefficient (Wildman–Crippen LogP) is 3.94. The van der Waals surface area contributed by atoms with E-state index in [0.717, 1.165) is 49.4 Å². The van der Waals surface area contributed by atoms with E-state index < -0.39 is 5.97 Å². The van der Waals surface area contributed by atoms with Gasteiger partial charge in [0.2, 0.25) is 5.91 Å². The molecule has 1 saturated heterocycles. The quantitative estimate of drug-likeness (QED) is 0.560. The number of aryl methyl sites for hydroxylation is 1. The van der Waals surface area contributed by atoms with Crippen LogP contribution in [0.1, 0.15) is 62.4 Å². The molecule has 0 bridgehead atoms. The van der Waals surface area contributed by atoms with Crippen molar-refractivity contribution >= 4 is 23.3 Å². The van der Waals surface area contributed by atoms with Crippen LogP contribution in [0.25, 0.3) is 0 Å². The molecule has 3 rings (SSSR count). The number of carboxylic acid groups (broad SMARTS) is 1.